The lowest BCUT2D eigenvalue weighted by molar-refractivity contribution is -0.117. The van der Waals surface area contributed by atoms with Crippen LogP contribution < -0.4 is 10.6 Å². The van der Waals surface area contributed by atoms with Crippen molar-refractivity contribution in [1.82, 2.24) is 10.3 Å². The van der Waals surface area contributed by atoms with Crippen LogP contribution in [0.25, 0.3) is 0 Å². The lowest BCUT2D eigenvalue weighted by Gasteiger charge is -2.08. The molecular formula is C8H13N3OS. The monoisotopic (exact) mass is 199 g/mol. The van der Waals surface area contributed by atoms with Gasteiger partial charge in [0.15, 0.2) is 5.13 Å². The van der Waals surface area contributed by atoms with E-state index in [4.69, 9.17) is 0 Å². The van der Waals surface area contributed by atoms with Crippen molar-refractivity contribution < 1.29 is 4.79 Å². The Labute approximate surface area is 81.4 Å². The highest BCUT2D eigenvalue weighted by atomic mass is 32.1. The fraction of sp³-hybridized carbons (Fsp3) is 0.500. The molecule has 72 valence electrons. The summed E-state index contributed by atoms with van der Waals surface area (Å²) in [6.45, 7) is 3.75. The highest BCUT2D eigenvalue weighted by molar-refractivity contribution is 7.15. The summed E-state index contributed by atoms with van der Waals surface area (Å²) >= 11 is 1.47. The van der Waals surface area contributed by atoms with Crippen LogP contribution in [0.2, 0.25) is 0 Å². The standard InChI is InChI=1S/C8H13N3OS/c1-5-4-10-8(13-5)11-7(12)6(2)9-3/h4,6,9H,1-3H3,(H,10,11,12)/t6-/m0/s1. The second-order valence-corrected chi connectivity index (χ2v) is 4.01. The number of amides is 1. The predicted molar refractivity (Wildman–Crippen MR) is 54.0 cm³/mol. The quantitative estimate of drug-likeness (QED) is 0.763. The van der Waals surface area contributed by atoms with Gasteiger partial charge in [-0.2, -0.15) is 0 Å². The molecule has 4 nitrogen and oxygen atoms in total. The molecule has 0 fully saturated rings. The average Bonchev–Trinajstić information content (AvgIpc) is 2.49. The molecule has 1 aromatic heterocycles. The Kier molecular flexibility index (Phi) is 3.39. The van der Waals surface area contributed by atoms with E-state index in [9.17, 15) is 4.79 Å². The lowest BCUT2D eigenvalue weighted by Crippen LogP contribution is -2.35. The molecule has 0 aliphatic carbocycles. The summed E-state index contributed by atoms with van der Waals surface area (Å²) in [4.78, 5) is 16.5. The Morgan fingerprint density at radius 1 is 1.69 bits per heavy atom. The summed E-state index contributed by atoms with van der Waals surface area (Å²) in [6, 6.07) is -0.191. The molecule has 0 aliphatic rings. The molecule has 0 unspecified atom stereocenters. The second-order valence-electron chi connectivity index (χ2n) is 2.78. The normalized spacial score (nSPS) is 12.5. The van der Waals surface area contributed by atoms with Gasteiger partial charge in [-0.1, -0.05) is 0 Å². The number of carbonyl (C=O) groups excluding carboxylic acids is 1. The first-order chi connectivity index (χ1) is 6.13. The molecule has 1 amide bonds. The zero-order valence-electron chi connectivity index (χ0n) is 7.92. The van der Waals surface area contributed by atoms with Crippen molar-refractivity contribution in [2.75, 3.05) is 12.4 Å². The number of nitrogens with zero attached hydrogens (tertiary/aromatic N) is 1. The van der Waals surface area contributed by atoms with Crippen molar-refractivity contribution in [3.63, 3.8) is 0 Å². The van der Waals surface area contributed by atoms with E-state index < -0.39 is 0 Å². The Balaban J connectivity index is 2.54. The fourth-order valence-corrected chi connectivity index (χ4v) is 1.42. The number of nitrogens with one attached hydrogen (secondary N) is 2. The first kappa shape index (κ1) is 10.1. The summed E-state index contributed by atoms with van der Waals surface area (Å²) in [5.41, 5.74) is 0. The summed E-state index contributed by atoms with van der Waals surface area (Å²) < 4.78 is 0. The largest absolute Gasteiger partial charge is 0.309 e. The molecule has 0 aliphatic heterocycles. The molecule has 5 heteroatoms. The number of thiazole rings is 1. The van der Waals surface area contributed by atoms with Gasteiger partial charge in [0.05, 0.1) is 6.04 Å². The van der Waals surface area contributed by atoms with Crippen molar-refractivity contribution in [3.8, 4) is 0 Å². The van der Waals surface area contributed by atoms with Gasteiger partial charge < -0.3 is 10.6 Å². The van der Waals surface area contributed by atoms with Crippen molar-refractivity contribution in [2.24, 2.45) is 0 Å². The lowest BCUT2D eigenvalue weighted by atomic mass is 10.3. The topological polar surface area (TPSA) is 54.0 Å². The van der Waals surface area contributed by atoms with Crippen LogP contribution in [-0.4, -0.2) is 24.0 Å². The van der Waals surface area contributed by atoms with Gasteiger partial charge in [-0.3, -0.25) is 4.79 Å². The van der Waals surface area contributed by atoms with Gasteiger partial charge in [0.2, 0.25) is 5.91 Å². The maximum Gasteiger partial charge on any atom is 0.242 e. The Morgan fingerprint density at radius 3 is 2.85 bits per heavy atom. The molecule has 0 saturated carbocycles. The molecule has 2 N–H and O–H groups in total. The highest BCUT2D eigenvalue weighted by Gasteiger charge is 2.11. The molecule has 1 heterocycles. The fourth-order valence-electron chi connectivity index (χ4n) is 0.757. The van der Waals surface area contributed by atoms with Gasteiger partial charge in [0.1, 0.15) is 0 Å². The Bertz CT molecular complexity index is 297. The summed E-state index contributed by atoms with van der Waals surface area (Å²) in [6.07, 6.45) is 1.74. The van der Waals surface area contributed by atoms with E-state index in [1.54, 1.807) is 20.2 Å². The number of hydrogen-bond acceptors (Lipinski definition) is 4. The SMILES string of the molecule is CN[C@@H](C)C(=O)Nc1ncc(C)s1. The number of aryl methyl sites for hydroxylation is 1. The molecule has 1 atom stereocenters. The van der Waals surface area contributed by atoms with Crippen LogP contribution in [0.4, 0.5) is 5.13 Å². The maximum atomic E-state index is 11.3. The number of rotatable bonds is 3. The molecule has 0 aromatic carbocycles. The predicted octanol–water partition coefficient (Wildman–Crippen LogP) is 0.998. The minimum absolute atomic E-state index is 0.0585. The summed E-state index contributed by atoms with van der Waals surface area (Å²) in [7, 11) is 1.75. The van der Waals surface area contributed by atoms with Crippen LogP contribution >= 0.6 is 11.3 Å². The number of aromatic nitrogens is 1. The molecule has 1 rings (SSSR count). The molecule has 0 radical (unpaired) electrons. The van der Waals surface area contributed by atoms with Crippen molar-refractivity contribution in [1.29, 1.82) is 0 Å². The van der Waals surface area contributed by atoms with Crippen LogP contribution in [0.1, 0.15) is 11.8 Å². The molecule has 0 spiro atoms. The van der Waals surface area contributed by atoms with Crippen LogP contribution in [-0.2, 0) is 4.79 Å². The van der Waals surface area contributed by atoms with Crippen molar-refractivity contribution >= 4 is 22.4 Å². The average molecular weight is 199 g/mol. The third-order valence-electron chi connectivity index (χ3n) is 1.68. The van der Waals surface area contributed by atoms with Crippen LogP contribution in [0.15, 0.2) is 6.20 Å². The second kappa shape index (κ2) is 4.34. The third-order valence-corrected chi connectivity index (χ3v) is 2.51. The first-order valence-corrected chi connectivity index (χ1v) is 4.85. The van der Waals surface area contributed by atoms with Crippen LogP contribution in [0, 0.1) is 6.92 Å². The highest BCUT2D eigenvalue weighted by Crippen LogP contribution is 2.16. The molecule has 13 heavy (non-hydrogen) atoms. The van der Waals surface area contributed by atoms with Gasteiger partial charge in [-0.25, -0.2) is 4.98 Å². The smallest absolute Gasteiger partial charge is 0.242 e. The zero-order valence-corrected chi connectivity index (χ0v) is 8.73. The van der Waals surface area contributed by atoms with E-state index in [-0.39, 0.29) is 11.9 Å². The van der Waals surface area contributed by atoms with Gasteiger partial charge in [-0.05, 0) is 20.9 Å². The number of anilines is 1. The van der Waals surface area contributed by atoms with Crippen LogP contribution in [0.3, 0.4) is 0 Å². The Morgan fingerprint density at radius 2 is 2.38 bits per heavy atom. The van der Waals surface area contributed by atoms with Gasteiger partial charge >= 0.3 is 0 Å². The molecule has 1 aromatic rings. The summed E-state index contributed by atoms with van der Waals surface area (Å²) in [5, 5.41) is 6.23. The number of likely N-dealkylation sites (N-methyl/N-ethyl adjacent to an activating group) is 1. The molecule has 0 bridgehead atoms. The maximum absolute atomic E-state index is 11.3. The van der Waals surface area contributed by atoms with E-state index in [0.717, 1.165) is 4.88 Å². The summed E-state index contributed by atoms with van der Waals surface area (Å²) in [5.74, 6) is -0.0585. The molecule has 0 saturated heterocycles. The van der Waals surface area contributed by atoms with E-state index in [1.807, 2.05) is 6.92 Å². The zero-order chi connectivity index (χ0) is 9.84. The third kappa shape index (κ3) is 2.78. The van der Waals surface area contributed by atoms with E-state index in [2.05, 4.69) is 15.6 Å². The van der Waals surface area contributed by atoms with Crippen molar-refractivity contribution in [2.45, 2.75) is 19.9 Å². The van der Waals surface area contributed by atoms with E-state index in [1.165, 1.54) is 11.3 Å². The molecular weight excluding hydrogens is 186 g/mol. The van der Waals surface area contributed by atoms with E-state index >= 15 is 0 Å². The minimum Gasteiger partial charge on any atom is -0.309 e. The van der Waals surface area contributed by atoms with Crippen LogP contribution in [0.5, 0.6) is 0 Å². The number of carbonyl (C=O) groups is 1. The number of hydrogen-bond donors (Lipinski definition) is 2. The Hall–Kier alpha value is -0.940. The van der Waals surface area contributed by atoms with E-state index in [0.29, 0.717) is 5.13 Å². The van der Waals surface area contributed by atoms with Gasteiger partial charge in [0.25, 0.3) is 0 Å². The van der Waals surface area contributed by atoms with Crippen molar-refractivity contribution in [3.05, 3.63) is 11.1 Å². The van der Waals surface area contributed by atoms with Gasteiger partial charge in [-0.15, -0.1) is 11.3 Å². The van der Waals surface area contributed by atoms with Gasteiger partial charge in [0, 0.05) is 11.1 Å². The minimum atomic E-state index is -0.191. The first-order valence-electron chi connectivity index (χ1n) is 4.04.